The first-order valence-corrected chi connectivity index (χ1v) is 6.17. The van der Waals surface area contributed by atoms with Crippen LogP contribution in [0.15, 0.2) is 48.7 Å². The van der Waals surface area contributed by atoms with Gasteiger partial charge in [0, 0.05) is 11.6 Å². The van der Waals surface area contributed by atoms with E-state index in [0.717, 1.165) is 11.6 Å². The summed E-state index contributed by atoms with van der Waals surface area (Å²) in [6, 6.07) is 12.7. The van der Waals surface area contributed by atoms with Gasteiger partial charge in [0.2, 0.25) is 0 Å². The second-order valence-electron chi connectivity index (χ2n) is 4.15. The molecular weight excluding hydrogens is 268 g/mol. The molecule has 1 aromatic heterocycles. The standard InChI is InChI=1S/C16H12N2O3/c17-9-12-3-1-2-4-13(12)11-21-15-7-5-14(18-10-15)6-8-16(19)20/h1-8,10H,11H2,(H,19,20). The van der Waals surface area contributed by atoms with E-state index >= 15 is 0 Å². The van der Waals surface area contributed by atoms with Gasteiger partial charge in [-0.2, -0.15) is 5.26 Å². The van der Waals surface area contributed by atoms with Crippen LogP contribution >= 0.6 is 0 Å². The van der Waals surface area contributed by atoms with Gasteiger partial charge in [-0.1, -0.05) is 18.2 Å². The average molecular weight is 280 g/mol. The van der Waals surface area contributed by atoms with Crippen LogP contribution in [-0.4, -0.2) is 16.1 Å². The number of hydrogen-bond donors (Lipinski definition) is 1. The first-order valence-electron chi connectivity index (χ1n) is 6.17. The highest BCUT2D eigenvalue weighted by atomic mass is 16.5. The lowest BCUT2D eigenvalue weighted by Crippen LogP contribution is -1.98. The van der Waals surface area contributed by atoms with E-state index in [0.29, 0.717) is 17.0 Å². The summed E-state index contributed by atoms with van der Waals surface area (Å²) in [7, 11) is 0. The molecule has 0 aliphatic carbocycles. The smallest absolute Gasteiger partial charge is 0.328 e. The quantitative estimate of drug-likeness (QED) is 0.851. The monoisotopic (exact) mass is 280 g/mol. The molecule has 0 saturated carbocycles. The van der Waals surface area contributed by atoms with E-state index in [2.05, 4.69) is 11.1 Å². The fourth-order valence-corrected chi connectivity index (χ4v) is 1.65. The van der Waals surface area contributed by atoms with Crippen LogP contribution in [-0.2, 0) is 11.4 Å². The number of aromatic nitrogens is 1. The Morgan fingerprint density at radius 2 is 2.14 bits per heavy atom. The summed E-state index contributed by atoms with van der Waals surface area (Å²) < 4.78 is 5.56. The van der Waals surface area contributed by atoms with Crippen LogP contribution in [0, 0.1) is 11.3 Å². The molecule has 0 aliphatic rings. The molecule has 0 spiro atoms. The van der Waals surface area contributed by atoms with Crippen LogP contribution in [0.2, 0.25) is 0 Å². The summed E-state index contributed by atoms with van der Waals surface area (Å²) in [5.74, 6) is -0.472. The largest absolute Gasteiger partial charge is 0.487 e. The van der Waals surface area contributed by atoms with Crippen molar-refractivity contribution < 1.29 is 14.6 Å². The van der Waals surface area contributed by atoms with Gasteiger partial charge in [0.1, 0.15) is 12.4 Å². The van der Waals surface area contributed by atoms with Crippen molar-refractivity contribution in [3.63, 3.8) is 0 Å². The highest BCUT2D eigenvalue weighted by Gasteiger charge is 2.02. The molecule has 1 aromatic carbocycles. The maximum Gasteiger partial charge on any atom is 0.328 e. The topological polar surface area (TPSA) is 83.2 Å². The lowest BCUT2D eigenvalue weighted by atomic mass is 10.1. The normalized spacial score (nSPS) is 10.2. The molecule has 21 heavy (non-hydrogen) atoms. The van der Waals surface area contributed by atoms with E-state index in [4.69, 9.17) is 15.1 Å². The maximum atomic E-state index is 10.4. The Kier molecular flexibility index (Phi) is 4.67. The van der Waals surface area contributed by atoms with Crippen LogP contribution in [0.25, 0.3) is 6.08 Å². The van der Waals surface area contributed by atoms with Crippen molar-refractivity contribution in [2.24, 2.45) is 0 Å². The van der Waals surface area contributed by atoms with Gasteiger partial charge in [0.15, 0.2) is 0 Å². The molecule has 2 aromatic rings. The number of pyridine rings is 1. The van der Waals surface area contributed by atoms with Gasteiger partial charge in [-0.15, -0.1) is 0 Å². The number of hydrogen-bond acceptors (Lipinski definition) is 4. The Balaban J connectivity index is 2.01. The lowest BCUT2D eigenvalue weighted by molar-refractivity contribution is -0.131. The number of nitriles is 1. The summed E-state index contributed by atoms with van der Waals surface area (Å²) in [6.45, 7) is 0.274. The summed E-state index contributed by atoms with van der Waals surface area (Å²) in [5, 5.41) is 17.5. The summed E-state index contributed by atoms with van der Waals surface area (Å²) >= 11 is 0. The van der Waals surface area contributed by atoms with Crippen molar-refractivity contribution in [3.8, 4) is 11.8 Å². The highest BCUT2D eigenvalue weighted by molar-refractivity contribution is 5.84. The third kappa shape index (κ3) is 4.18. The van der Waals surface area contributed by atoms with Gasteiger partial charge in [-0.05, 0) is 24.3 Å². The van der Waals surface area contributed by atoms with E-state index in [9.17, 15) is 4.79 Å². The number of carboxylic acid groups (broad SMARTS) is 1. The van der Waals surface area contributed by atoms with Gasteiger partial charge in [0.25, 0.3) is 0 Å². The minimum absolute atomic E-state index is 0.274. The maximum absolute atomic E-state index is 10.4. The van der Waals surface area contributed by atoms with Crippen molar-refractivity contribution in [1.82, 2.24) is 4.98 Å². The molecule has 0 fully saturated rings. The van der Waals surface area contributed by atoms with Crippen molar-refractivity contribution >= 4 is 12.0 Å². The third-order valence-electron chi connectivity index (χ3n) is 2.69. The SMILES string of the molecule is N#Cc1ccccc1COc1ccc(C=CC(=O)O)nc1. The van der Waals surface area contributed by atoms with Crippen molar-refractivity contribution in [2.75, 3.05) is 0 Å². The number of ether oxygens (including phenoxy) is 1. The summed E-state index contributed by atoms with van der Waals surface area (Å²) in [4.78, 5) is 14.5. The molecular formula is C16H12N2O3. The van der Waals surface area contributed by atoms with Gasteiger partial charge in [0.05, 0.1) is 23.5 Å². The molecule has 1 N–H and O–H groups in total. The van der Waals surface area contributed by atoms with Gasteiger partial charge in [-0.25, -0.2) is 4.79 Å². The Morgan fingerprint density at radius 1 is 1.33 bits per heavy atom. The number of nitrogens with zero attached hydrogens (tertiary/aromatic N) is 2. The average Bonchev–Trinajstić information content (AvgIpc) is 2.52. The Morgan fingerprint density at radius 3 is 2.81 bits per heavy atom. The molecule has 104 valence electrons. The van der Waals surface area contributed by atoms with Crippen LogP contribution in [0.1, 0.15) is 16.8 Å². The van der Waals surface area contributed by atoms with Crippen LogP contribution in [0.4, 0.5) is 0 Å². The van der Waals surface area contributed by atoms with E-state index < -0.39 is 5.97 Å². The number of carboxylic acids is 1. The lowest BCUT2D eigenvalue weighted by Gasteiger charge is -2.07. The molecule has 0 atom stereocenters. The van der Waals surface area contributed by atoms with E-state index in [1.165, 1.54) is 12.3 Å². The second kappa shape index (κ2) is 6.87. The molecule has 0 aliphatic heterocycles. The fourth-order valence-electron chi connectivity index (χ4n) is 1.65. The number of carbonyl (C=O) groups is 1. The number of aliphatic carboxylic acids is 1. The molecule has 0 saturated heterocycles. The first kappa shape index (κ1) is 14.3. The molecule has 5 heteroatoms. The minimum atomic E-state index is -1.02. The molecule has 5 nitrogen and oxygen atoms in total. The van der Waals surface area contributed by atoms with Gasteiger partial charge < -0.3 is 9.84 Å². The van der Waals surface area contributed by atoms with E-state index in [1.54, 1.807) is 24.3 Å². The predicted octanol–water partition coefficient (Wildman–Crippen LogP) is 2.63. The minimum Gasteiger partial charge on any atom is -0.487 e. The molecule has 1 heterocycles. The molecule has 0 radical (unpaired) electrons. The third-order valence-corrected chi connectivity index (χ3v) is 2.69. The highest BCUT2D eigenvalue weighted by Crippen LogP contribution is 2.14. The number of rotatable bonds is 5. The zero-order valence-electron chi connectivity index (χ0n) is 11.1. The van der Waals surface area contributed by atoms with Gasteiger partial charge >= 0.3 is 5.97 Å². The Bertz CT molecular complexity index is 700. The molecule has 0 bridgehead atoms. The summed E-state index contributed by atoms with van der Waals surface area (Å²) in [6.07, 6.45) is 3.93. The zero-order chi connectivity index (χ0) is 15.1. The van der Waals surface area contributed by atoms with Crippen molar-refractivity contribution in [1.29, 1.82) is 5.26 Å². The predicted molar refractivity (Wildman–Crippen MR) is 76.4 cm³/mol. The van der Waals surface area contributed by atoms with E-state index in [-0.39, 0.29) is 6.61 Å². The van der Waals surface area contributed by atoms with E-state index in [1.807, 2.05) is 12.1 Å². The van der Waals surface area contributed by atoms with Crippen molar-refractivity contribution in [2.45, 2.75) is 6.61 Å². The fraction of sp³-hybridized carbons (Fsp3) is 0.0625. The number of benzene rings is 1. The molecule has 0 amide bonds. The van der Waals surface area contributed by atoms with Gasteiger partial charge in [-0.3, -0.25) is 4.98 Å². The molecule has 2 rings (SSSR count). The van der Waals surface area contributed by atoms with Crippen LogP contribution < -0.4 is 4.74 Å². The zero-order valence-corrected chi connectivity index (χ0v) is 11.1. The second-order valence-corrected chi connectivity index (χ2v) is 4.15. The van der Waals surface area contributed by atoms with Crippen LogP contribution in [0.5, 0.6) is 5.75 Å². The Hall–Kier alpha value is -3.13. The summed E-state index contributed by atoms with van der Waals surface area (Å²) in [5.41, 5.74) is 1.91. The van der Waals surface area contributed by atoms with Crippen molar-refractivity contribution in [3.05, 3.63) is 65.5 Å². The molecule has 0 unspecified atom stereocenters. The Labute approximate surface area is 121 Å². The first-order chi connectivity index (χ1) is 10.2. The van der Waals surface area contributed by atoms with Crippen LogP contribution in [0.3, 0.4) is 0 Å².